The summed E-state index contributed by atoms with van der Waals surface area (Å²) in [6.07, 6.45) is 5.87. The van der Waals surface area contributed by atoms with Crippen LogP contribution in [0.3, 0.4) is 0 Å². The van der Waals surface area contributed by atoms with E-state index in [0.717, 1.165) is 47.5 Å². The van der Waals surface area contributed by atoms with Gasteiger partial charge in [-0.2, -0.15) is 0 Å². The van der Waals surface area contributed by atoms with Crippen molar-refractivity contribution in [2.45, 2.75) is 44.3 Å². The van der Waals surface area contributed by atoms with E-state index >= 15 is 0 Å². The van der Waals surface area contributed by atoms with Crippen molar-refractivity contribution in [1.82, 2.24) is 31.1 Å². The summed E-state index contributed by atoms with van der Waals surface area (Å²) in [5, 5.41) is 8.72. The predicted octanol–water partition coefficient (Wildman–Crippen LogP) is 4.29. The van der Waals surface area contributed by atoms with Crippen molar-refractivity contribution < 1.29 is 4.79 Å². The number of thiophene rings is 1. The first-order valence-corrected chi connectivity index (χ1v) is 13.1. The molecule has 5 heterocycles. The Labute approximate surface area is 207 Å². The molecule has 5 N–H and O–H groups in total. The van der Waals surface area contributed by atoms with Crippen molar-refractivity contribution in [3.05, 3.63) is 65.6 Å². The number of aromatic nitrogens is 3. The van der Waals surface area contributed by atoms with Crippen molar-refractivity contribution in [2.24, 2.45) is 5.92 Å². The number of anilines is 1. The molecular formula is C26H29N7OS. The number of carbonyl (C=O) groups excluding carboxylic acids is 1. The number of pyridine rings is 1. The molecule has 6 rings (SSSR count). The van der Waals surface area contributed by atoms with Crippen molar-refractivity contribution in [1.29, 1.82) is 0 Å². The lowest BCUT2D eigenvalue weighted by Crippen LogP contribution is -2.46. The largest absolute Gasteiger partial charge is 0.341 e. The molecule has 4 atom stereocenters. The molecule has 0 saturated carbocycles. The zero-order chi connectivity index (χ0) is 23.8. The summed E-state index contributed by atoms with van der Waals surface area (Å²) < 4.78 is 0. The number of nitrogens with zero attached hydrogens (tertiary/aromatic N) is 2. The fraction of sp³-hybridized carbons (Fsp3) is 0.346. The molecule has 4 aromatic rings. The van der Waals surface area contributed by atoms with Crippen LogP contribution in [0.5, 0.6) is 0 Å². The Hall–Kier alpha value is -3.11. The van der Waals surface area contributed by atoms with Crippen LogP contribution in [-0.2, 0) is 4.79 Å². The highest BCUT2D eigenvalue weighted by Crippen LogP contribution is 2.39. The number of imidazole rings is 1. The van der Waals surface area contributed by atoms with Crippen molar-refractivity contribution in [3.8, 4) is 10.4 Å². The molecule has 8 nitrogen and oxygen atoms in total. The highest BCUT2D eigenvalue weighted by Gasteiger charge is 2.42. The van der Waals surface area contributed by atoms with Crippen LogP contribution in [0.2, 0.25) is 0 Å². The fourth-order valence-corrected chi connectivity index (χ4v) is 6.04. The number of rotatable bonds is 6. The number of hydrazine groups is 1. The van der Waals surface area contributed by atoms with Crippen LogP contribution in [0.4, 0.5) is 5.69 Å². The number of para-hydroxylation sites is 1. The molecular weight excluding hydrogens is 458 g/mol. The van der Waals surface area contributed by atoms with Crippen LogP contribution >= 0.6 is 11.3 Å². The van der Waals surface area contributed by atoms with Crippen LogP contribution in [0, 0.1) is 5.92 Å². The average Bonchev–Trinajstić information content (AvgIpc) is 3.63. The first-order chi connectivity index (χ1) is 17.2. The van der Waals surface area contributed by atoms with Gasteiger partial charge in [-0.3, -0.25) is 15.2 Å². The molecule has 9 heteroatoms. The molecule has 0 bridgehead atoms. The number of hydrogen-bond donors (Lipinski definition) is 5. The van der Waals surface area contributed by atoms with Crippen LogP contribution in [0.15, 0.2) is 54.2 Å². The van der Waals surface area contributed by atoms with E-state index in [0.29, 0.717) is 18.4 Å². The fourth-order valence-electron chi connectivity index (χ4n) is 5.29. The number of hydrogen-bond acceptors (Lipinski definition) is 7. The molecule has 1 aromatic carbocycles. The van der Waals surface area contributed by atoms with E-state index in [4.69, 9.17) is 4.98 Å². The number of fused-ring (bicyclic) bond motifs is 2. The van der Waals surface area contributed by atoms with Gasteiger partial charge < -0.3 is 15.6 Å². The monoisotopic (exact) mass is 487 g/mol. The second-order valence-corrected chi connectivity index (χ2v) is 10.3. The number of benzene rings is 1. The molecule has 2 aliphatic rings. The van der Waals surface area contributed by atoms with Crippen LogP contribution < -0.4 is 21.5 Å². The highest BCUT2D eigenvalue weighted by atomic mass is 32.1. The molecule has 0 aliphatic carbocycles. The molecule has 0 radical (unpaired) electrons. The normalized spacial score (nSPS) is 23.9. The highest BCUT2D eigenvalue weighted by molar-refractivity contribution is 7.13. The van der Waals surface area contributed by atoms with Crippen molar-refractivity contribution in [3.63, 3.8) is 0 Å². The van der Waals surface area contributed by atoms with E-state index in [-0.39, 0.29) is 18.0 Å². The molecule has 0 spiro atoms. The average molecular weight is 488 g/mol. The predicted molar refractivity (Wildman–Crippen MR) is 139 cm³/mol. The lowest BCUT2D eigenvalue weighted by molar-refractivity contribution is -0.116. The third kappa shape index (κ3) is 4.36. The number of amides is 1. The van der Waals surface area contributed by atoms with Crippen LogP contribution in [-0.4, -0.2) is 33.4 Å². The second kappa shape index (κ2) is 9.50. The van der Waals surface area contributed by atoms with Gasteiger partial charge in [-0.25, -0.2) is 10.4 Å². The molecule has 4 unspecified atom stereocenters. The van der Waals surface area contributed by atoms with Gasteiger partial charge in [-0.1, -0.05) is 25.1 Å². The molecule has 3 aromatic heterocycles. The quantitative estimate of drug-likeness (QED) is 0.278. The molecule has 180 valence electrons. The van der Waals surface area contributed by atoms with Gasteiger partial charge in [0, 0.05) is 47.6 Å². The minimum Gasteiger partial charge on any atom is -0.341 e. The molecule has 35 heavy (non-hydrogen) atoms. The Balaban J connectivity index is 1.24. The van der Waals surface area contributed by atoms with E-state index in [2.05, 4.69) is 67.2 Å². The van der Waals surface area contributed by atoms with E-state index in [1.165, 1.54) is 10.4 Å². The van der Waals surface area contributed by atoms with E-state index in [1.807, 2.05) is 19.2 Å². The Kier molecular flexibility index (Phi) is 6.07. The molecule has 1 amide bonds. The number of piperidine rings is 1. The van der Waals surface area contributed by atoms with Crippen molar-refractivity contribution >= 4 is 34.0 Å². The number of H-pyrrole nitrogens is 1. The minimum atomic E-state index is 0.0270. The van der Waals surface area contributed by atoms with Gasteiger partial charge in [0.1, 0.15) is 5.82 Å². The summed E-state index contributed by atoms with van der Waals surface area (Å²) in [5.41, 5.74) is 12.1. The SMILES string of the molecule is CCCC(=O)Nc1cncc(C2CC3C(CN2)NNC3c2nc3c(-c4cccs4)cccc3[nH]2)c1. The van der Waals surface area contributed by atoms with Gasteiger partial charge in [0.05, 0.1) is 29.0 Å². The van der Waals surface area contributed by atoms with Gasteiger partial charge in [0.2, 0.25) is 5.91 Å². The Bertz CT molecular complexity index is 1330. The maximum Gasteiger partial charge on any atom is 0.224 e. The van der Waals surface area contributed by atoms with Crippen molar-refractivity contribution in [2.75, 3.05) is 11.9 Å². The summed E-state index contributed by atoms with van der Waals surface area (Å²) in [6, 6.07) is 13.1. The van der Waals surface area contributed by atoms with E-state index in [1.54, 1.807) is 17.5 Å². The molecule has 2 aliphatic heterocycles. The maximum atomic E-state index is 12.0. The molecule has 2 fully saturated rings. The van der Waals surface area contributed by atoms with Gasteiger partial charge in [0.15, 0.2) is 0 Å². The first-order valence-electron chi connectivity index (χ1n) is 12.2. The van der Waals surface area contributed by atoms with Gasteiger partial charge in [-0.15, -0.1) is 11.3 Å². The van der Waals surface area contributed by atoms with E-state index in [9.17, 15) is 4.79 Å². The summed E-state index contributed by atoms with van der Waals surface area (Å²) in [6.45, 7) is 2.84. The number of carbonyl (C=O) groups is 1. The second-order valence-electron chi connectivity index (χ2n) is 9.34. The lowest BCUT2D eigenvalue weighted by atomic mass is 9.82. The van der Waals surface area contributed by atoms with Gasteiger partial charge in [0.25, 0.3) is 0 Å². The Morgan fingerprint density at radius 2 is 2.14 bits per heavy atom. The summed E-state index contributed by atoms with van der Waals surface area (Å²) in [7, 11) is 0. The van der Waals surface area contributed by atoms with Crippen LogP contribution in [0.25, 0.3) is 21.5 Å². The lowest BCUT2D eigenvalue weighted by Gasteiger charge is -2.34. The topological polar surface area (TPSA) is 107 Å². The standard InChI is InChI=1S/C26H29N7OS/c1-2-5-23(34)29-16-10-15(12-27-13-16)20-11-18-21(14-28-20)32-33-25(18)26-30-19-7-3-6-17(24(19)31-26)22-8-4-9-35-22/h3-4,6-10,12-13,18,20-21,25,28,32-33H,2,5,11,14H2,1H3,(H,29,34)(H,30,31). The Morgan fingerprint density at radius 3 is 3.00 bits per heavy atom. The van der Waals surface area contributed by atoms with Gasteiger partial charge >= 0.3 is 0 Å². The Morgan fingerprint density at radius 1 is 1.20 bits per heavy atom. The van der Waals surface area contributed by atoms with E-state index < -0.39 is 0 Å². The summed E-state index contributed by atoms with van der Waals surface area (Å²) >= 11 is 1.73. The maximum absolute atomic E-state index is 12.0. The molecule has 2 saturated heterocycles. The zero-order valence-corrected chi connectivity index (χ0v) is 20.4. The van der Waals surface area contributed by atoms with Gasteiger partial charge in [-0.05, 0) is 42.0 Å². The first kappa shape index (κ1) is 22.4. The summed E-state index contributed by atoms with van der Waals surface area (Å²) in [5.74, 6) is 1.34. The minimum absolute atomic E-state index is 0.0270. The zero-order valence-electron chi connectivity index (χ0n) is 19.5. The smallest absolute Gasteiger partial charge is 0.224 e. The number of nitrogens with one attached hydrogen (secondary N) is 5. The third-order valence-corrected chi connectivity index (χ3v) is 7.90. The van der Waals surface area contributed by atoms with Crippen LogP contribution in [0.1, 0.15) is 49.7 Å². The number of aromatic amines is 1. The third-order valence-electron chi connectivity index (χ3n) is 7.00. The summed E-state index contributed by atoms with van der Waals surface area (Å²) in [4.78, 5) is 26.3.